The minimum absolute atomic E-state index is 0.0342. The van der Waals surface area contributed by atoms with Crippen molar-refractivity contribution in [3.05, 3.63) is 92.1 Å². The van der Waals surface area contributed by atoms with E-state index in [2.05, 4.69) is 15.9 Å². The maximum atomic E-state index is 13.5. The van der Waals surface area contributed by atoms with Crippen LogP contribution in [0.1, 0.15) is 15.9 Å². The van der Waals surface area contributed by atoms with Crippen LogP contribution in [-0.2, 0) is 10.0 Å². The van der Waals surface area contributed by atoms with Gasteiger partial charge in [-0.15, -0.1) is 0 Å². The molecule has 0 aliphatic rings. The number of carbonyl (C=O) groups is 1. The maximum absolute atomic E-state index is 13.5. The summed E-state index contributed by atoms with van der Waals surface area (Å²) in [5.41, 5.74) is 1.36. The van der Waals surface area contributed by atoms with E-state index in [1.807, 2.05) is 0 Å². The third kappa shape index (κ3) is 3.71. The number of aryl methyl sites for hydroxylation is 1. The van der Waals surface area contributed by atoms with Crippen molar-refractivity contribution in [3.8, 4) is 0 Å². The molecular weight excluding hydrogens is 490 g/mol. The summed E-state index contributed by atoms with van der Waals surface area (Å²) in [6, 6.07) is 17.2. The predicted molar refractivity (Wildman–Crippen MR) is 120 cm³/mol. The highest BCUT2D eigenvalue weighted by atomic mass is 79.9. The van der Waals surface area contributed by atoms with Gasteiger partial charge in [0, 0.05) is 10.0 Å². The van der Waals surface area contributed by atoms with E-state index in [1.54, 1.807) is 43.3 Å². The van der Waals surface area contributed by atoms with Crippen molar-refractivity contribution in [2.45, 2.75) is 11.8 Å². The molecule has 0 unspecified atom stereocenters. The first kappa shape index (κ1) is 20.5. The predicted octanol–water partition coefficient (Wildman–Crippen LogP) is 4.96. The summed E-state index contributed by atoms with van der Waals surface area (Å²) < 4.78 is 34.0. The molecule has 4 aromatic rings. The van der Waals surface area contributed by atoms with Gasteiger partial charge in [0.25, 0.3) is 15.9 Å². The lowest BCUT2D eigenvalue weighted by Gasteiger charge is -2.23. The Morgan fingerprint density at radius 3 is 2.43 bits per heavy atom. The van der Waals surface area contributed by atoms with E-state index in [0.29, 0.717) is 20.3 Å². The molecule has 9 heteroatoms. The lowest BCUT2D eigenvalue weighted by atomic mass is 10.1. The van der Waals surface area contributed by atoms with Gasteiger partial charge in [0.2, 0.25) is 0 Å². The minimum Gasteiger partial charge on any atom is -0.414 e. The van der Waals surface area contributed by atoms with Crippen molar-refractivity contribution in [2.75, 3.05) is 4.31 Å². The number of anilines is 1. The first-order chi connectivity index (χ1) is 14.3. The van der Waals surface area contributed by atoms with Crippen LogP contribution < -0.4 is 9.24 Å². The number of amides is 1. The van der Waals surface area contributed by atoms with Crippen LogP contribution >= 0.6 is 27.3 Å². The van der Waals surface area contributed by atoms with E-state index < -0.39 is 20.9 Å². The number of benzene rings is 3. The SMILES string of the molecule is Cc1ccccc1C(=O)N(c1ccc2oc(=O)sc2c1)S(=O)(=O)c1ccc(Br)cc1. The second-order valence-electron chi connectivity index (χ2n) is 6.43. The smallest absolute Gasteiger partial charge is 0.396 e. The number of halogens is 1. The van der Waals surface area contributed by atoms with Crippen molar-refractivity contribution in [2.24, 2.45) is 0 Å². The number of nitrogens with zero attached hydrogens (tertiary/aromatic N) is 1. The number of carbonyl (C=O) groups excluding carboxylic acids is 1. The molecule has 6 nitrogen and oxygen atoms in total. The fraction of sp³-hybridized carbons (Fsp3) is 0.0476. The van der Waals surface area contributed by atoms with Crippen molar-refractivity contribution in [1.82, 2.24) is 0 Å². The molecule has 0 aliphatic heterocycles. The van der Waals surface area contributed by atoms with Crippen LogP contribution in [0, 0.1) is 6.92 Å². The van der Waals surface area contributed by atoms with Gasteiger partial charge < -0.3 is 4.42 Å². The van der Waals surface area contributed by atoms with E-state index in [4.69, 9.17) is 4.42 Å². The minimum atomic E-state index is -4.24. The summed E-state index contributed by atoms with van der Waals surface area (Å²) in [4.78, 5) is 24.5. The molecule has 152 valence electrons. The average molecular weight is 504 g/mol. The van der Waals surface area contributed by atoms with Crippen LogP contribution in [0.4, 0.5) is 5.69 Å². The average Bonchev–Trinajstić information content (AvgIpc) is 3.08. The number of hydrogen-bond donors (Lipinski definition) is 0. The molecule has 3 aromatic carbocycles. The van der Waals surface area contributed by atoms with E-state index in [1.165, 1.54) is 30.3 Å². The molecule has 0 radical (unpaired) electrons. The molecule has 0 aliphatic carbocycles. The van der Waals surface area contributed by atoms with Crippen LogP contribution in [0.3, 0.4) is 0 Å². The second-order valence-corrected chi connectivity index (χ2v) is 10.1. The number of rotatable bonds is 4. The third-order valence-electron chi connectivity index (χ3n) is 4.46. The van der Waals surface area contributed by atoms with Crippen LogP contribution in [0.5, 0.6) is 0 Å². The Morgan fingerprint density at radius 1 is 1.03 bits per heavy atom. The molecule has 1 heterocycles. The molecule has 30 heavy (non-hydrogen) atoms. The lowest BCUT2D eigenvalue weighted by molar-refractivity contribution is 0.100. The van der Waals surface area contributed by atoms with Gasteiger partial charge in [0.05, 0.1) is 15.3 Å². The highest BCUT2D eigenvalue weighted by Crippen LogP contribution is 2.31. The van der Waals surface area contributed by atoms with Crippen molar-refractivity contribution < 1.29 is 17.6 Å². The molecule has 0 spiro atoms. The molecule has 1 amide bonds. The Bertz CT molecular complexity index is 1420. The number of hydrogen-bond acceptors (Lipinski definition) is 6. The zero-order valence-electron chi connectivity index (χ0n) is 15.5. The fourth-order valence-electron chi connectivity index (χ4n) is 2.99. The molecule has 0 saturated carbocycles. The van der Waals surface area contributed by atoms with Gasteiger partial charge in [-0.2, -0.15) is 4.31 Å². The van der Waals surface area contributed by atoms with Gasteiger partial charge in [-0.05, 0) is 61.0 Å². The van der Waals surface area contributed by atoms with E-state index >= 15 is 0 Å². The molecule has 0 bridgehead atoms. The number of fused-ring (bicyclic) bond motifs is 1. The fourth-order valence-corrected chi connectivity index (χ4v) is 5.35. The van der Waals surface area contributed by atoms with Crippen LogP contribution in [0.2, 0.25) is 0 Å². The van der Waals surface area contributed by atoms with Gasteiger partial charge in [-0.3, -0.25) is 4.79 Å². The van der Waals surface area contributed by atoms with Crippen molar-refractivity contribution in [1.29, 1.82) is 0 Å². The summed E-state index contributed by atoms with van der Waals surface area (Å²) in [6.07, 6.45) is 0. The zero-order chi connectivity index (χ0) is 21.5. The normalized spacial score (nSPS) is 11.5. The molecule has 1 aromatic heterocycles. The van der Waals surface area contributed by atoms with Gasteiger partial charge >= 0.3 is 4.94 Å². The van der Waals surface area contributed by atoms with Gasteiger partial charge in [-0.1, -0.05) is 45.5 Å². The summed E-state index contributed by atoms with van der Waals surface area (Å²) in [5.74, 6) is -0.689. The van der Waals surface area contributed by atoms with Crippen LogP contribution in [-0.4, -0.2) is 14.3 Å². The summed E-state index contributed by atoms with van der Waals surface area (Å²) in [5, 5.41) is 0. The van der Waals surface area contributed by atoms with E-state index in [9.17, 15) is 18.0 Å². The second kappa shape index (κ2) is 7.82. The molecule has 4 rings (SSSR count). The first-order valence-electron chi connectivity index (χ1n) is 8.72. The van der Waals surface area contributed by atoms with E-state index in [0.717, 1.165) is 15.6 Å². The van der Waals surface area contributed by atoms with Crippen LogP contribution in [0.15, 0.2) is 85.3 Å². The van der Waals surface area contributed by atoms with Gasteiger partial charge in [-0.25, -0.2) is 13.2 Å². The molecule has 0 saturated heterocycles. The van der Waals surface area contributed by atoms with Crippen LogP contribution in [0.25, 0.3) is 10.3 Å². The summed E-state index contributed by atoms with van der Waals surface area (Å²) in [6.45, 7) is 1.74. The Hall–Kier alpha value is -2.75. The molecular formula is C21H14BrNO5S2. The van der Waals surface area contributed by atoms with E-state index in [-0.39, 0.29) is 16.1 Å². The van der Waals surface area contributed by atoms with Crippen molar-refractivity contribution in [3.63, 3.8) is 0 Å². The molecule has 0 fully saturated rings. The topological polar surface area (TPSA) is 84.7 Å². The zero-order valence-corrected chi connectivity index (χ0v) is 18.8. The monoisotopic (exact) mass is 503 g/mol. The number of sulfonamides is 1. The Morgan fingerprint density at radius 2 is 1.73 bits per heavy atom. The lowest BCUT2D eigenvalue weighted by Crippen LogP contribution is -2.37. The van der Waals surface area contributed by atoms with Gasteiger partial charge in [0.1, 0.15) is 5.58 Å². The Balaban J connectivity index is 1.94. The van der Waals surface area contributed by atoms with Gasteiger partial charge in [0.15, 0.2) is 0 Å². The molecule has 0 N–H and O–H groups in total. The highest BCUT2D eigenvalue weighted by molar-refractivity contribution is 9.10. The molecule has 0 atom stereocenters. The standard InChI is InChI=1S/C21H14BrNO5S2/c1-13-4-2-3-5-17(13)20(24)23(30(26,27)16-9-6-14(22)7-10-16)15-8-11-18-19(12-15)29-21(25)28-18/h2-12H,1H3. The quantitative estimate of drug-likeness (QED) is 0.392. The maximum Gasteiger partial charge on any atom is 0.396 e. The third-order valence-corrected chi connectivity index (χ3v) is 7.50. The largest absolute Gasteiger partial charge is 0.414 e. The summed E-state index contributed by atoms with van der Waals surface area (Å²) in [7, 11) is -4.24. The first-order valence-corrected chi connectivity index (χ1v) is 11.8. The Kier molecular flexibility index (Phi) is 5.35. The highest BCUT2D eigenvalue weighted by Gasteiger charge is 2.33. The Labute approximate surface area is 184 Å². The van der Waals surface area contributed by atoms with Crippen molar-refractivity contribution >= 4 is 59.2 Å². The summed E-state index contributed by atoms with van der Waals surface area (Å²) >= 11 is 4.13.